The number of aliphatic hydroxyl groups excluding tert-OH is 2. The van der Waals surface area contributed by atoms with Crippen molar-refractivity contribution >= 4 is 21.0 Å². The van der Waals surface area contributed by atoms with Crippen LogP contribution in [0.3, 0.4) is 0 Å². The van der Waals surface area contributed by atoms with Gasteiger partial charge in [-0.1, -0.05) is 0 Å². The summed E-state index contributed by atoms with van der Waals surface area (Å²) in [6.07, 6.45) is -0.0846. The van der Waals surface area contributed by atoms with E-state index < -0.39 is 40.5 Å². The highest BCUT2D eigenvalue weighted by Gasteiger charge is 2.53. The molecule has 126 valence electrons. The zero-order valence-corrected chi connectivity index (χ0v) is 13.2. The Morgan fingerprint density at radius 3 is 2.65 bits per heavy atom. The number of fused-ring (bicyclic) bond motifs is 1. The molecule has 0 bridgehead atoms. The van der Waals surface area contributed by atoms with Gasteiger partial charge in [-0.25, -0.2) is 23.4 Å². The maximum atomic E-state index is 11.8. The van der Waals surface area contributed by atoms with Gasteiger partial charge in [0, 0.05) is 6.26 Å². The van der Waals surface area contributed by atoms with Gasteiger partial charge >= 0.3 is 0 Å². The van der Waals surface area contributed by atoms with Gasteiger partial charge in [0.25, 0.3) is 0 Å². The van der Waals surface area contributed by atoms with Gasteiger partial charge in [-0.15, -0.1) is 0 Å². The van der Waals surface area contributed by atoms with Crippen molar-refractivity contribution in [2.24, 2.45) is 0 Å². The average Bonchev–Trinajstić information content (AvgIpc) is 2.98. The number of ether oxygens (including phenoxy) is 1. The van der Waals surface area contributed by atoms with Gasteiger partial charge in [0.15, 0.2) is 26.7 Å². The van der Waals surface area contributed by atoms with E-state index in [4.69, 9.17) is 4.74 Å². The van der Waals surface area contributed by atoms with Gasteiger partial charge in [-0.05, 0) is 6.92 Å². The van der Waals surface area contributed by atoms with Crippen molar-refractivity contribution in [3.8, 4) is 0 Å². The van der Waals surface area contributed by atoms with Crippen LogP contribution >= 0.6 is 0 Å². The first-order valence-corrected chi connectivity index (χ1v) is 8.61. The molecule has 0 amide bonds. The van der Waals surface area contributed by atoms with Crippen molar-refractivity contribution in [2.75, 3.05) is 12.9 Å². The molecule has 1 aliphatic heterocycles. The molecule has 0 spiro atoms. The van der Waals surface area contributed by atoms with Gasteiger partial charge in [-0.2, -0.15) is 0 Å². The molecular formula is C12H16N4O6S. The Labute approximate surface area is 131 Å². The third kappa shape index (κ3) is 2.40. The number of sulfone groups is 1. The van der Waals surface area contributed by atoms with Crippen molar-refractivity contribution in [2.45, 2.75) is 36.0 Å². The summed E-state index contributed by atoms with van der Waals surface area (Å²) in [7, 11) is -3.61. The van der Waals surface area contributed by atoms with Crippen LogP contribution in [-0.4, -0.2) is 73.9 Å². The number of hydrogen-bond acceptors (Lipinski definition) is 9. The normalized spacial score (nSPS) is 31.8. The molecule has 0 aliphatic carbocycles. The van der Waals surface area contributed by atoms with Crippen molar-refractivity contribution in [1.82, 2.24) is 19.5 Å². The second kappa shape index (κ2) is 5.18. The molecule has 3 heterocycles. The summed E-state index contributed by atoms with van der Waals surface area (Å²) in [6.45, 7) is 0.868. The van der Waals surface area contributed by atoms with E-state index in [2.05, 4.69) is 15.0 Å². The highest BCUT2D eigenvalue weighted by Crippen LogP contribution is 2.39. The maximum Gasteiger partial charge on any atom is 0.195 e. The number of hydrogen-bond donors (Lipinski definition) is 3. The zero-order valence-electron chi connectivity index (χ0n) is 12.4. The Kier molecular flexibility index (Phi) is 3.65. The van der Waals surface area contributed by atoms with E-state index in [9.17, 15) is 23.7 Å². The molecule has 3 N–H and O–H groups in total. The lowest BCUT2D eigenvalue weighted by Crippen LogP contribution is -2.44. The van der Waals surface area contributed by atoms with Gasteiger partial charge in [-0.3, -0.25) is 4.57 Å². The molecule has 0 saturated carbocycles. The molecule has 1 fully saturated rings. The predicted molar refractivity (Wildman–Crippen MR) is 76.1 cm³/mol. The van der Waals surface area contributed by atoms with E-state index in [0.29, 0.717) is 0 Å². The molecule has 4 atom stereocenters. The second-order valence-corrected chi connectivity index (χ2v) is 7.59. The van der Waals surface area contributed by atoms with Crippen molar-refractivity contribution < 1.29 is 28.5 Å². The van der Waals surface area contributed by atoms with Crippen LogP contribution < -0.4 is 0 Å². The predicted octanol–water partition coefficient (Wildman–Crippen LogP) is -1.77. The highest BCUT2D eigenvalue weighted by atomic mass is 32.2. The number of nitrogens with zero attached hydrogens (tertiary/aromatic N) is 4. The number of aliphatic hydroxyl groups is 3. The van der Waals surface area contributed by atoms with Crippen LogP contribution in [0.1, 0.15) is 13.2 Å². The number of imidazole rings is 1. The summed E-state index contributed by atoms with van der Waals surface area (Å²) in [5.41, 5.74) is -1.55. The van der Waals surface area contributed by atoms with Crippen molar-refractivity contribution in [1.29, 1.82) is 0 Å². The van der Waals surface area contributed by atoms with E-state index >= 15 is 0 Å². The third-order valence-electron chi connectivity index (χ3n) is 3.86. The molecule has 23 heavy (non-hydrogen) atoms. The molecule has 2 aromatic rings. The Morgan fingerprint density at radius 2 is 2.09 bits per heavy atom. The van der Waals surface area contributed by atoms with Crippen LogP contribution in [0.5, 0.6) is 0 Å². The fourth-order valence-corrected chi connectivity index (χ4v) is 3.40. The Bertz CT molecular complexity index is 848. The average molecular weight is 344 g/mol. The third-order valence-corrected chi connectivity index (χ3v) is 4.86. The van der Waals surface area contributed by atoms with Crippen LogP contribution in [0.25, 0.3) is 11.2 Å². The lowest BCUT2D eigenvalue weighted by atomic mass is 9.96. The number of rotatable bonds is 3. The zero-order chi connectivity index (χ0) is 17.0. The molecule has 1 saturated heterocycles. The summed E-state index contributed by atoms with van der Waals surface area (Å²) < 4.78 is 30.3. The SMILES string of the molecule is C[C@@]1(O)C(O)C(CO)OC1n1cnc2c(S(C)(=O)=O)ncnc21. The Hall–Kier alpha value is -1.66. The van der Waals surface area contributed by atoms with Crippen LogP contribution in [0.4, 0.5) is 0 Å². The summed E-state index contributed by atoms with van der Waals surface area (Å²) in [4.78, 5) is 11.7. The molecule has 10 nitrogen and oxygen atoms in total. The van der Waals surface area contributed by atoms with Crippen LogP contribution in [0, 0.1) is 0 Å². The first-order valence-electron chi connectivity index (χ1n) is 6.72. The molecule has 0 aromatic carbocycles. The minimum absolute atomic E-state index is 0.0383. The highest BCUT2D eigenvalue weighted by molar-refractivity contribution is 7.90. The quantitative estimate of drug-likeness (QED) is 0.550. The van der Waals surface area contributed by atoms with E-state index in [1.807, 2.05) is 0 Å². The van der Waals surface area contributed by atoms with Crippen molar-refractivity contribution in [3.05, 3.63) is 12.7 Å². The first kappa shape index (κ1) is 16.2. The molecule has 3 unspecified atom stereocenters. The smallest absolute Gasteiger partial charge is 0.195 e. The lowest BCUT2D eigenvalue weighted by molar-refractivity contribution is -0.0950. The fourth-order valence-electron chi connectivity index (χ4n) is 2.66. The lowest BCUT2D eigenvalue weighted by Gasteiger charge is -2.27. The maximum absolute atomic E-state index is 11.8. The van der Waals surface area contributed by atoms with Gasteiger partial charge < -0.3 is 20.1 Å². The van der Waals surface area contributed by atoms with Gasteiger partial charge in [0.05, 0.1) is 12.9 Å². The van der Waals surface area contributed by atoms with E-state index in [0.717, 1.165) is 12.6 Å². The summed E-state index contributed by atoms with van der Waals surface area (Å²) in [5.74, 6) is 0. The molecule has 2 aromatic heterocycles. The Morgan fingerprint density at radius 1 is 1.39 bits per heavy atom. The summed E-state index contributed by atoms with van der Waals surface area (Å²) in [6, 6.07) is 0. The van der Waals surface area contributed by atoms with Crippen LogP contribution in [0.15, 0.2) is 17.7 Å². The van der Waals surface area contributed by atoms with Crippen LogP contribution in [-0.2, 0) is 14.6 Å². The molecule has 1 aliphatic rings. The van der Waals surface area contributed by atoms with Gasteiger partial charge in [0.2, 0.25) is 0 Å². The molecule has 0 radical (unpaired) electrons. The summed E-state index contributed by atoms with van der Waals surface area (Å²) in [5, 5.41) is 29.5. The molecule has 11 heteroatoms. The van der Waals surface area contributed by atoms with Crippen LogP contribution in [0.2, 0.25) is 0 Å². The first-order chi connectivity index (χ1) is 10.7. The van der Waals surface area contributed by atoms with E-state index in [-0.39, 0.29) is 16.2 Å². The largest absolute Gasteiger partial charge is 0.394 e. The molecule has 3 rings (SSSR count). The topological polar surface area (TPSA) is 148 Å². The monoisotopic (exact) mass is 344 g/mol. The van der Waals surface area contributed by atoms with Crippen molar-refractivity contribution in [3.63, 3.8) is 0 Å². The summed E-state index contributed by atoms with van der Waals surface area (Å²) >= 11 is 0. The molecular weight excluding hydrogens is 328 g/mol. The minimum Gasteiger partial charge on any atom is -0.394 e. The number of aromatic nitrogens is 4. The second-order valence-electron chi connectivity index (χ2n) is 5.66. The standard InChI is InChI=1S/C12H16N4O6S/c1-12(19)8(18)6(3-17)22-11(12)16-5-15-7-9(16)13-4-14-10(7)23(2,20)21/h4-6,8,11,17-19H,3H2,1-2H3/t6?,8?,11?,12-/m1/s1. The van der Waals surface area contributed by atoms with E-state index in [1.54, 1.807) is 0 Å². The Balaban J connectivity index is 2.16. The van der Waals surface area contributed by atoms with Gasteiger partial charge in [0.1, 0.15) is 29.7 Å². The van der Waals surface area contributed by atoms with E-state index in [1.165, 1.54) is 17.8 Å². The minimum atomic E-state index is -3.61. The fraction of sp³-hybridized carbons (Fsp3) is 0.583.